The van der Waals surface area contributed by atoms with E-state index in [0.29, 0.717) is 0 Å². The summed E-state index contributed by atoms with van der Waals surface area (Å²) in [5.41, 5.74) is -2.68. The van der Waals surface area contributed by atoms with E-state index in [1.165, 1.54) is 24.3 Å². The summed E-state index contributed by atoms with van der Waals surface area (Å²) < 4.78 is 4.71. The molecule has 0 aliphatic rings. The first-order valence-corrected chi connectivity index (χ1v) is 5.72. The maximum atomic E-state index is 11.9. The van der Waals surface area contributed by atoms with Gasteiger partial charge in [-0.15, -0.1) is 0 Å². The Kier molecular flexibility index (Phi) is 11.4. The van der Waals surface area contributed by atoms with Crippen LogP contribution in [0.2, 0.25) is 0 Å². The van der Waals surface area contributed by atoms with Gasteiger partial charge in [0.2, 0.25) is 5.60 Å². The Labute approximate surface area is 178 Å². The molecule has 0 spiro atoms. The number of esters is 1. The smallest absolute Gasteiger partial charge is 1.00 e. The molecule has 1 aromatic rings. The molecule has 0 aromatic heterocycles. The van der Waals surface area contributed by atoms with Gasteiger partial charge in [0.1, 0.15) is 0 Å². The number of carboxylic acid groups (broad SMARTS) is 3. The van der Waals surface area contributed by atoms with Crippen LogP contribution >= 0.6 is 0 Å². The first-order valence-electron chi connectivity index (χ1n) is 5.72. The zero-order valence-corrected chi connectivity index (χ0v) is 16.7. The number of carbonyl (C=O) groups excluding carboxylic acids is 1. The van der Waals surface area contributed by atoms with Gasteiger partial charge in [-0.2, -0.15) is 0 Å². The van der Waals surface area contributed by atoms with Crippen LogP contribution in [0.1, 0.15) is 26.1 Å². The van der Waals surface area contributed by atoms with Crippen LogP contribution in [0.4, 0.5) is 0 Å². The van der Waals surface area contributed by atoms with Gasteiger partial charge in [0, 0.05) is 0 Å². The van der Waals surface area contributed by atoms with Crippen LogP contribution in [-0.2, 0) is 19.1 Å². The Morgan fingerprint density at radius 1 is 0.913 bits per heavy atom. The Morgan fingerprint density at radius 3 is 1.70 bits per heavy atom. The molecule has 0 aliphatic carbocycles. The second-order valence-electron chi connectivity index (χ2n) is 4.20. The zero-order valence-electron chi connectivity index (χ0n) is 14.7. The van der Waals surface area contributed by atoms with E-state index >= 15 is 0 Å². The van der Waals surface area contributed by atoms with Crippen LogP contribution in [-0.4, -0.2) is 44.8 Å². The minimum atomic E-state index is -2.66. The third kappa shape index (κ3) is 7.47. The second-order valence-corrected chi connectivity index (χ2v) is 4.20. The monoisotopic (exact) mass is 344 g/mol. The fourth-order valence-electron chi connectivity index (χ4n) is 1.63. The number of hydrogen-bond donors (Lipinski definition) is 3. The fourth-order valence-corrected chi connectivity index (χ4v) is 1.63. The van der Waals surface area contributed by atoms with Crippen molar-refractivity contribution in [3.8, 4) is 0 Å². The van der Waals surface area contributed by atoms with Gasteiger partial charge in [-0.3, -0.25) is 9.59 Å². The number of hydrogen-bond acceptors (Lipinski definition) is 5. The Balaban J connectivity index is -0.000000551. The summed E-state index contributed by atoms with van der Waals surface area (Å²) in [5, 5.41) is 26.6. The predicted octanol–water partition coefficient (Wildman–Crippen LogP) is -5.15. The van der Waals surface area contributed by atoms with E-state index < -0.39 is 42.3 Å². The average Bonchev–Trinajstić information content (AvgIpc) is 2.37. The van der Waals surface area contributed by atoms with Gasteiger partial charge in [0.25, 0.3) is 0 Å². The molecule has 1 aromatic carbocycles. The van der Waals surface area contributed by atoms with Crippen molar-refractivity contribution in [3.05, 3.63) is 35.9 Å². The summed E-state index contributed by atoms with van der Waals surface area (Å²) in [6.07, 6.45) is -2.32. The number of benzene rings is 1. The van der Waals surface area contributed by atoms with Crippen molar-refractivity contribution in [1.82, 2.24) is 0 Å². The summed E-state index contributed by atoms with van der Waals surface area (Å²) in [7, 11) is 0. The maximum absolute atomic E-state index is 11.9. The molecule has 1 rings (SSSR count). The first kappa shape index (κ1) is 24.4. The van der Waals surface area contributed by atoms with Crippen molar-refractivity contribution < 1.29 is 101 Å². The molecule has 0 atom stereocenters. The van der Waals surface area contributed by atoms with E-state index in [4.69, 9.17) is 20.1 Å². The van der Waals surface area contributed by atoms with E-state index in [1.807, 2.05) is 0 Å². The Hall–Kier alpha value is -0.900. The fraction of sp³-hybridized carbons (Fsp3) is 0.231. The topological polar surface area (TPSA) is 138 Å². The van der Waals surface area contributed by atoms with Crippen LogP contribution in [0.3, 0.4) is 0 Å². The third-order valence-corrected chi connectivity index (χ3v) is 2.56. The molecule has 0 heterocycles. The van der Waals surface area contributed by atoms with Crippen LogP contribution in [0.15, 0.2) is 30.3 Å². The standard InChI is InChI=1S/C13H12O8.2Na.2H/c14-9(15)6-13(12(19)20,7-10(16)17)21-11(18)8-4-2-1-3-5-8;;;;/h1-5H,6-7H2,(H,14,15)(H,16,17)(H,19,20);;;;/q;2*+1;2*-1. The SMILES string of the molecule is O=C(O)CC(CC(=O)O)(OC(=O)c1ccccc1)C(=O)O.[H-].[H-].[Na+].[Na+]. The largest absolute Gasteiger partial charge is 1.00 e. The van der Waals surface area contributed by atoms with Crippen molar-refractivity contribution in [2.75, 3.05) is 0 Å². The zero-order chi connectivity index (χ0) is 16.0. The van der Waals surface area contributed by atoms with Crippen LogP contribution < -0.4 is 59.1 Å². The molecule has 116 valence electrons. The summed E-state index contributed by atoms with van der Waals surface area (Å²) in [5.74, 6) is -6.14. The average molecular weight is 344 g/mol. The molecule has 0 fully saturated rings. The number of carbonyl (C=O) groups is 4. The van der Waals surface area contributed by atoms with Crippen molar-refractivity contribution in [1.29, 1.82) is 0 Å². The molecule has 0 saturated heterocycles. The van der Waals surface area contributed by atoms with Crippen molar-refractivity contribution in [2.24, 2.45) is 0 Å². The van der Waals surface area contributed by atoms with Crippen LogP contribution in [0.25, 0.3) is 0 Å². The molecule has 0 unspecified atom stereocenters. The summed E-state index contributed by atoms with van der Waals surface area (Å²) in [6.45, 7) is 0. The van der Waals surface area contributed by atoms with E-state index in [1.54, 1.807) is 6.07 Å². The molecule has 0 saturated carbocycles. The molecular weight excluding hydrogens is 330 g/mol. The minimum Gasteiger partial charge on any atom is -1.00 e. The number of carboxylic acids is 3. The normalized spacial score (nSPS) is 9.74. The molecule has 0 radical (unpaired) electrons. The summed E-state index contributed by atoms with van der Waals surface area (Å²) >= 11 is 0. The number of aliphatic carboxylic acids is 3. The van der Waals surface area contributed by atoms with Gasteiger partial charge in [-0.25, -0.2) is 9.59 Å². The van der Waals surface area contributed by atoms with E-state index in [9.17, 15) is 19.2 Å². The van der Waals surface area contributed by atoms with E-state index in [0.717, 1.165) is 0 Å². The summed E-state index contributed by atoms with van der Waals surface area (Å²) in [6, 6.07) is 7.25. The van der Waals surface area contributed by atoms with E-state index in [-0.39, 0.29) is 67.5 Å². The number of rotatable bonds is 7. The van der Waals surface area contributed by atoms with Crippen molar-refractivity contribution >= 4 is 23.9 Å². The van der Waals surface area contributed by atoms with Gasteiger partial charge in [0.15, 0.2) is 0 Å². The van der Waals surface area contributed by atoms with Gasteiger partial charge >= 0.3 is 83.0 Å². The number of ether oxygens (including phenoxy) is 1. The minimum absolute atomic E-state index is 0. The van der Waals surface area contributed by atoms with Gasteiger partial charge < -0.3 is 22.9 Å². The van der Waals surface area contributed by atoms with Crippen LogP contribution in [0, 0.1) is 0 Å². The molecular formula is C13H14Na2O8. The molecule has 0 bridgehead atoms. The van der Waals surface area contributed by atoms with Crippen molar-refractivity contribution in [2.45, 2.75) is 18.4 Å². The second kappa shape index (κ2) is 10.8. The van der Waals surface area contributed by atoms with Gasteiger partial charge in [-0.05, 0) is 12.1 Å². The Bertz CT molecular complexity index is 567. The molecule has 10 heteroatoms. The van der Waals surface area contributed by atoms with Gasteiger partial charge in [-0.1, -0.05) is 18.2 Å². The van der Waals surface area contributed by atoms with Gasteiger partial charge in [0.05, 0.1) is 18.4 Å². The van der Waals surface area contributed by atoms with Crippen LogP contribution in [0.5, 0.6) is 0 Å². The first-order chi connectivity index (χ1) is 9.77. The molecule has 0 amide bonds. The summed E-state index contributed by atoms with van der Waals surface area (Å²) in [4.78, 5) is 44.7. The molecule has 8 nitrogen and oxygen atoms in total. The molecule has 0 aliphatic heterocycles. The Morgan fingerprint density at radius 2 is 1.35 bits per heavy atom. The predicted molar refractivity (Wildman–Crippen MR) is 69.0 cm³/mol. The molecule has 23 heavy (non-hydrogen) atoms. The third-order valence-electron chi connectivity index (χ3n) is 2.56. The van der Waals surface area contributed by atoms with Crippen molar-refractivity contribution in [3.63, 3.8) is 0 Å². The molecule has 3 N–H and O–H groups in total. The quantitative estimate of drug-likeness (QED) is 0.330. The van der Waals surface area contributed by atoms with E-state index in [2.05, 4.69) is 0 Å². The maximum Gasteiger partial charge on any atom is 1.00 e.